The van der Waals surface area contributed by atoms with Crippen LogP contribution in [0.1, 0.15) is 79.1 Å². The van der Waals surface area contributed by atoms with Gasteiger partial charge in [0.05, 0.1) is 12.7 Å². The zero-order valence-electron chi connectivity index (χ0n) is 14.6. The third-order valence-corrected chi connectivity index (χ3v) is 7.10. The molecule has 0 aromatic carbocycles. The molecule has 21 heavy (non-hydrogen) atoms. The summed E-state index contributed by atoms with van der Waals surface area (Å²) in [6.07, 6.45) is 11.1. The monoisotopic (exact) mass is 293 g/mol. The molecule has 2 saturated carbocycles. The van der Waals surface area contributed by atoms with E-state index in [1.54, 1.807) is 0 Å². The molecule has 3 atom stereocenters. The summed E-state index contributed by atoms with van der Waals surface area (Å²) in [6, 6.07) is 0.608. The van der Waals surface area contributed by atoms with Gasteiger partial charge in [-0.3, -0.25) is 0 Å². The SMILES string of the molecule is CCC(C)(C)C1CCC2OCC3(CCC(C)CC3)NC2C1. The van der Waals surface area contributed by atoms with Crippen LogP contribution >= 0.6 is 0 Å². The molecule has 0 amide bonds. The fourth-order valence-electron chi connectivity index (χ4n) is 4.80. The van der Waals surface area contributed by atoms with Crippen molar-refractivity contribution in [2.45, 2.75) is 96.7 Å². The lowest BCUT2D eigenvalue weighted by molar-refractivity contribution is -0.105. The van der Waals surface area contributed by atoms with Crippen LogP contribution in [0, 0.1) is 17.3 Å². The molecular formula is C19H35NO. The maximum atomic E-state index is 6.34. The summed E-state index contributed by atoms with van der Waals surface area (Å²) in [6.45, 7) is 10.6. The molecule has 2 nitrogen and oxygen atoms in total. The Bertz CT molecular complexity index is 357. The van der Waals surface area contributed by atoms with Crippen molar-refractivity contribution in [2.24, 2.45) is 17.3 Å². The third-order valence-electron chi connectivity index (χ3n) is 7.10. The van der Waals surface area contributed by atoms with E-state index in [-0.39, 0.29) is 0 Å². The first-order valence-electron chi connectivity index (χ1n) is 9.33. The summed E-state index contributed by atoms with van der Waals surface area (Å²) >= 11 is 0. The Hall–Kier alpha value is -0.0800. The summed E-state index contributed by atoms with van der Waals surface area (Å²) in [4.78, 5) is 0. The molecule has 3 aliphatic rings. The van der Waals surface area contributed by atoms with E-state index < -0.39 is 0 Å². The normalized spacial score (nSPS) is 44.6. The average Bonchev–Trinajstić information content (AvgIpc) is 2.50. The van der Waals surface area contributed by atoms with Gasteiger partial charge in [-0.2, -0.15) is 0 Å². The number of nitrogens with one attached hydrogen (secondary N) is 1. The van der Waals surface area contributed by atoms with Gasteiger partial charge in [0.25, 0.3) is 0 Å². The quantitative estimate of drug-likeness (QED) is 0.807. The zero-order valence-corrected chi connectivity index (χ0v) is 14.6. The lowest BCUT2D eigenvalue weighted by Crippen LogP contribution is -2.65. The number of ether oxygens (including phenoxy) is 1. The van der Waals surface area contributed by atoms with Crippen molar-refractivity contribution in [2.75, 3.05) is 6.61 Å². The minimum Gasteiger partial charge on any atom is -0.375 e. The van der Waals surface area contributed by atoms with E-state index in [1.807, 2.05) is 0 Å². The minimum absolute atomic E-state index is 0.311. The molecule has 0 radical (unpaired) electrons. The molecule has 1 N–H and O–H groups in total. The van der Waals surface area contributed by atoms with Gasteiger partial charge in [0.15, 0.2) is 0 Å². The van der Waals surface area contributed by atoms with Crippen LogP contribution in [-0.4, -0.2) is 24.3 Å². The predicted octanol–water partition coefficient (Wildman–Crippen LogP) is 4.53. The van der Waals surface area contributed by atoms with Crippen molar-refractivity contribution in [3.63, 3.8) is 0 Å². The Labute approximate surface area is 131 Å². The fourth-order valence-corrected chi connectivity index (χ4v) is 4.80. The van der Waals surface area contributed by atoms with E-state index in [9.17, 15) is 0 Å². The predicted molar refractivity (Wildman–Crippen MR) is 88.4 cm³/mol. The van der Waals surface area contributed by atoms with Crippen molar-refractivity contribution in [1.82, 2.24) is 5.32 Å². The van der Waals surface area contributed by atoms with Gasteiger partial charge in [0, 0.05) is 11.6 Å². The zero-order chi connectivity index (χ0) is 15.1. The van der Waals surface area contributed by atoms with Crippen LogP contribution in [0.4, 0.5) is 0 Å². The Morgan fingerprint density at radius 3 is 2.52 bits per heavy atom. The summed E-state index contributed by atoms with van der Waals surface area (Å²) < 4.78 is 6.34. The summed E-state index contributed by atoms with van der Waals surface area (Å²) in [5, 5.41) is 4.09. The highest BCUT2D eigenvalue weighted by molar-refractivity contribution is 5.02. The van der Waals surface area contributed by atoms with E-state index in [4.69, 9.17) is 4.74 Å². The average molecular weight is 293 g/mol. The number of rotatable bonds is 2. The molecule has 2 heteroatoms. The number of hydrogen-bond donors (Lipinski definition) is 1. The second-order valence-corrected chi connectivity index (χ2v) is 8.92. The molecule has 3 unspecified atom stereocenters. The van der Waals surface area contributed by atoms with Crippen LogP contribution in [0.2, 0.25) is 0 Å². The van der Waals surface area contributed by atoms with Crippen molar-refractivity contribution < 1.29 is 4.74 Å². The van der Waals surface area contributed by atoms with E-state index in [1.165, 1.54) is 51.4 Å². The smallest absolute Gasteiger partial charge is 0.0729 e. The molecule has 1 spiro atoms. The van der Waals surface area contributed by atoms with Crippen molar-refractivity contribution in [3.05, 3.63) is 0 Å². The standard InChI is InChI=1S/C19H35NO/c1-5-18(3,4)15-6-7-17-16(12-15)20-19(13-21-17)10-8-14(2)9-11-19/h14-17,20H,5-13H2,1-4H3. The number of fused-ring (bicyclic) bond motifs is 1. The van der Waals surface area contributed by atoms with Gasteiger partial charge in [-0.1, -0.05) is 34.1 Å². The number of morpholine rings is 1. The first-order valence-corrected chi connectivity index (χ1v) is 9.33. The van der Waals surface area contributed by atoms with Gasteiger partial charge < -0.3 is 10.1 Å². The minimum atomic E-state index is 0.311. The number of hydrogen-bond acceptors (Lipinski definition) is 2. The van der Waals surface area contributed by atoms with Crippen LogP contribution in [0.25, 0.3) is 0 Å². The molecule has 0 aromatic heterocycles. The molecule has 2 aliphatic carbocycles. The Kier molecular flexibility index (Phi) is 4.40. The van der Waals surface area contributed by atoms with Crippen LogP contribution in [0.3, 0.4) is 0 Å². The maximum Gasteiger partial charge on any atom is 0.0729 e. The van der Waals surface area contributed by atoms with Crippen molar-refractivity contribution >= 4 is 0 Å². The second-order valence-electron chi connectivity index (χ2n) is 8.92. The van der Waals surface area contributed by atoms with E-state index in [0.29, 0.717) is 23.1 Å². The van der Waals surface area contributed by atoms with Crippen molar-refractivity contribution in [1.29, 1.82) is 0 Å². The first kappa shape index (κ1) is 15.8. The second kappa shape index (κ2) is 5.85. The summed E-state index contributed by atoms with van der Waals surface area (Å²) in [7, 11) is 0. The van der Waals surface area contributed by atoms with Crippen LogP contribution in [-0.2, 0) is 4.74 Å². The largest absolute Gasteiger partial charge is 0.375 e. The molecule has 1 heterocycles. The highest BCUT2D eigenvalue weighted by atomic mass is 16.5. The van der Waals surface area contributed by atoms with Gasteiger partial charge in [0.1, 0.15) is 0 Å². The van der Waals surface area contributed by atoms with Crippen molar-refractivity contribution in [3.8, 4) is 0 Å². The topological polar surface area (TPSA) is 21.3 Å². The molecule has 3 fully saturated rings. The Balaban J connectivity index is 1.65. The van der Waals surface area contributed by atoms with E-state index >= 15 is 0 Å². The highest BCUT2D eigenvalue weighted by Gasteiger charge is 2.46. The maximum absolute atomic E-state index is 6.34. The van der Waals surface area contributed by atoms with Gasteiger partial charge in [-0.05, 0) is 62.2 Å². The van der Waals surface area contributed by atoms with Gasteiger partial charge >= 0.3 is 0 Å². The van der Waals surface area contributed by atoms with Gasteiger partial charge in [-0.25, -0.2) is 0 Å². The Morgan fingerprint density at radius 1 is 1.14 bits per heavy atom. The molecular weight excluding hydrogens is 258 g/mol. The summed E-state index contributed by atoms with van der Waals surface area (Å²) in [5.41, 5.74) is 0.796. The van der Waals surface area contributed by atoms with Gasteiger partial charge in [0.2, 0.25) is 0 Å². The molecule has 3 rings (SSSR count). The lowest BCUT2D eigenvalue weighted by atomic mass is 9.66. The summed E-state index contributed by atoms with van der Waals surface area (Å²) in [5.74, 6) is 1.77. The molecule has 0 bridgehead atoms. The van der Waals surface area contributed by atoms with Crippen LogP contribution in [0.5, 0.6) is 0 Å². The van der Waals surface area contributed by atoms with E-state index in [2.05, 4.69) is 33.0 Å². The van der Waals surface area contributed by atoms with E-state index in [0.717, 1.165) is 18.4 Å². The molecule has 0 aromatic rings. The lowest BCUT2D eigenvalue weighted by Gasteiger charge is -2.53. The third kappa shape index (κ3) is 3.17. The van der Waals surface area contributed by atoms with Gasteiger partial charge in [-0.15, -0.1) is 0 Å². The fraction of sp³-hybridized carbons (Fsp3) is 1.00. The Morgan fingerprint density at radius 2 is 1.86 bits per heavy atom. The van der Waals surface area contributed by atoms with Crippen LogP contribution < -0.4 is 5.32 Å². The first-order chi connectivity index (χ1) is 9.94. The van der Waals surface area contributed by atoms with Crippen LogP contribution in [0.15, 0.2) is 0 Å². The molecule has 122 valence electrons. The molecule has 1 aliphatic heterocycles. The molecule has 1 saturated heterocycles. The highest BCUT2D eigenvalue weighted by Crippen LogP contribution is 2.44.